The lowest BCUT2D eigenvalue weighted by Gasteiger charge is -2.17. The molecule has 21 heavy (non-hydrogen) atoms. The number of aromatic nitrogens is 2. The van der Waals surface area contributed by atoms with E-state index in [1.165, 1.54) is 0 Å². The number of rotatable bonds is 8. The molecule has 0 aliphatic heterocycles. The summed E-state index contributed by atoms with van der Waals surface area (Å²) in [6.07, 6.45) is -2.96. The van der Waals surface area contributed by atoms with Gasteiger partial charge in [-0.3, -0.25) is 4.79 Å². The first-order valence-electron chi connectivity index (χ1n) is 5.68. The summed E-state index contributed by atoms with van der Waals surface area (Å²) < 4.78 is 4.90. The molecule has 1 aromatic heterocycles. The van der Waals surface area contributed by atoms with Gasteiger partial charge in [0.25, 0.3) is 0 Å². The minimum atomic E-state index is -1.62. The van der Waals surface area contributed by atoms with Gasteiger partial charge in [-0.25, -0.2) is 0 Å². The predicted molar refractivity (Wildman–Crippen MR) is 82.0 cm³/mol. The molecular weight excluding hydrogens is 320 g/mol. The fourth-order valence-corrected chi connectivity index (χ4v) is 1.88. The van der Waals surface area contributed by atoms with E-state index in [-0.39, 0.29) is 39.1 Å². The van der Waals surface area contributed by atoms with E-state index in [0.717, 1.165) is 0 Å². The minimum absolute atomic E-state index is 0.0438. The lowest BCUT2D eigenvalue weighted by molar-refractivity contribution is -0.132. The summed E-state index contributed by atoms with van der Waals surface area (Å²) in [5.41, 5.74) is 10.6. The third-order valence-electron chi connectivity index (χ3n) is 2.40. The zero-order chi connectivity index (χ0) is 16.0. The molecule has 0 radical (unpaired) electrons. The number of anilines is 3. The minimum Gasteiger partial charge on any atom is -0.492 e. The van der Waals surface area contributed by atoms with Crippen LogP contribution in [-0.2, 0) is 9.32 Å². The van der Waals surface area contributed by atoms with Crippen molar-refractivity contribution in [3.05, 3.63) is 0 Å². The molecule has 12 heteroatoms. The Morgan fingerprint density at radius 3 is 2.71 bits per heavy atom. The van der Waals surface area contributed by atoms with E-state index in [1.807, 2.05) is 0 Å². The second-order valence-electron chi connectivity index (χ2n) is 3.93. The Morgan fingerprint density at radius 1 is 1.43 bits per heavy atom. The average Bonchev–Trinajstić information content (AvgIpc) is 2.45. The maximum atomic E-state index is 11.7. The van der Waals surface area contributed by atoms with Crippen molar-refractivity contribution >= 4 is 40.7 Å². The number of hydrogen-bond acceptors (Lipinski definition) is 10. The normalized spacial score (nSPS) is 14.2. The Kier molecular flexibility index (Phi) is 6.94. The molecule has 0 saturated carbocycles. The highest BCUT2D eigenvalue weighted by molar-refractivity contribution is 8.00. The highest BCUT2D eigenvalue weighted by Crippen LogP contribution is 2.25. The molecule has 118 valence electrons. The Bertz CT molecular complexity index is 506. The van der Waals surface area contributed by atoms with Gasteiger partial charge in [0.05, 0.1) is 13.2 Å². The zero-order valence-corrected chi connectivity index (χ0v) is 13.0. The van der Waals surface area contributed by atoms with Crippen molar-refractivity contribution in [1.29, 1.82) is 0 Å². The average molecular weight is 337 g/mol. The topological polar surface area (TPSA) is 177 Å². The SMILES string of the molecule is Nc1nc(O)c(N)c(NCC(=O)C(O)C(O)COPP)n1. The maximum Gasteiger partial charge on any atom is 0.241 e. The van der Waals surface area contributed by atoms with Crippen molar-refractivity contribution in [2.24, 2.45) is 0 Å². The van der Waals surface area contributed by atoms with Gasteiger partial charge in [-0.15, -0.1) is 0 Å². The number of nitrogen functional groups attached to an aromatic ring is 2. The number of aromatic hydroxyl groups is 1. The molecule has 1 aromatic rings. The first kappa shape index (κ1) is 17.7. The monoisotopic (exact) mass is 337 g/mol. The summed E-state index contributed by atoms with van der Waals surface area (Å²) >= 11 is 0. The van der Waals surface area contributed by atoms with E-state index >= 15 is 0 Å². The van der Waals surface area contributed by atoms with Gasteiger partial charge in [-0.2, -0.15) is 9.97 Å². The van der Waals surface area contributed by atoms with Crippen molar-refractivity contribution < 1.29 is 24.6 Å². The van der Waals surface area contributed by atoms with Crippen molar-refractivity contribution in [2.75, 3.05) is 29.9 Å². The molecule has 0 spiro atoms. The van der Waals surface area contributed by atoms with Crippen molar-refractivity contribution in [2.45, 2.75) is 12.2 Å². The van der Waals surface area contributed by atoms with Crippen LogP contribution in [0.5, 0.6) is 5.88 Å². The molecule has 4 atom stereocenters. The Hall–Kier alpha value is -1.31. The summed E-state index contributed by atoms with van der Waals surface area (Å²) in [6.45, 7) is -0.542. The third kappa shape index (κ3) is 5.18. The number of aliphatic hydroxyl groups is 2. The summed E-state index contributed by atoms with van der Waals surface area (Å²) in [5.74, 6) is -1.49. The van der Waals surface area contributed by atoms with E-state index in [4.69, 9.17) is 16.0 Å². The molecule has 0 aliphatic rings. The van der Waals surface area contributed by atoms with Gasteiger partial charge >= 0.3 is 0 Å². The molecule has 0 fully saturated rings. The van der Waals surface area contributed by atoms with Crippen LogP contribution in [0.25, 0.3) is 0 Å². The smallest absolute Gasteiger partial charge is 0.241 e. The fraction of sp³-hybridized carbons (Fsp3) is 0.444. The largest absolute Gasteiger partial charge is 0.492 e. The zero-order valence-electron chi connectivity index (χ0n) is 10.9. The van der Waals surface area contributed by atoms with Gasteiger partial charge in [0, 0.05) is 8.50 Å². The number of carbonyl (C=O) groups is 1. The lowest BCUT2D eigenvalue weighted by Crippen LogP contribution is -2.39. The highest BCUT2D eigenvalue weighted by Gasteiger charge is 2.24. The molecule has 1 heterocycles. The first-order valence-corrected chi connectivity index (χ1v) is 8.40. The van der Waals surface area contributed by atoms with Crippen LogP contribution >= 0.6 is 17.4 Å². The van der Waals surface area contributed by atoms with Crippen LogP contribution in [-0.4, -0.2) is 56.4 Å². The number of ketones is 1. The summed E-state index contributed by atoms with van der Waals surface area (Å²) in [6, 6.07) is 0. The van der Waals surface area contributed by atoms with Crippen molar-refractivity contribution in [3.8, 4) is 5.88 Å². The van der Waals surface area contributed by atoms with Crippen LogP contribution < -0.4 is 16.8 Å². The van der Waals surface area contributed by atoms with Gasteiger partial charge < -0.3 is 36.6 Å². The standard InChI is InChI=1S/C9H17N5O5P2/c10-5-7(13-9(11)14-8(5)18)12-1-3(15)6(17)4(16)2-19-21-20/h4,6,16-17,21H,1-2,10,20H2,(H4,11,12,13,14,18). The Labute approximate surface area is 124 Å². The summed E-state index contributed by atoms with van der Waals surface area (Å²) in [5, 5.41) is 31.0. The third-order valence-corrected chi connectivity index (χ3v) is 3.24. The van der Waals surface area contributed by atoms with Gasteiger partial charge in [-0.1, -0.05) is 8.93 Å². The molecule has 0 bridgehead atoms. The number of carbonyl (C=O) groups excluding carboxylic acids is 1. The van der Waals surface area contributed by atoms with Crippen molar-refractivity contribution in [1.82, 2.24) is 9.97 Å². The molecule has 8 N–H and O–H groups in total. The summed E-state index contributed by atoms with van der Waals surface area (Å²) in [4.78, 5) is 18.8. The number of nitrogens with two attached hydrogens (primary N) is 2. The van der Waals surface area contributed by atoms with E-state index in [1.54, 1.807) is 0 Å². The molecule has 4 unspecified atom stereocenters. The second-order valence-corrected chi connectivity index (χ2v) is 5.16. The lowest BCUT2D eigenvalue weighted by atomic mass is 10.1. The van der Waals surface area contributed by atoms with Crippen LogP contribution in [0.1, 0.15) is 0 Å². The molecule has 0 aromatic carbocycles. The number of nitrogens with one attached hydrogen (secondary N) is 1. The molecule has 10 nitrogen and oxygen atoms in total. The maximum absolute atomic E-state index is 11.7. The quantitative estimate of drug-likeness (QED) is 0.304. The van der Waals surface area contributed by atoms with Crippen LogP contribution in [0.2, 0.25) is 0 Å². The molecule has 0 amide bonds. The first-order chi connectivity index (χ1) is 9.86. The van der Waals surface area contributed by atoms with Gasteiger partial charge in [0.2, 0.25) is 11.8 Å². The molecule has 1 rings (SSSR count). The van der Waals surface area contributed by atoms with Crippen LogP contribution in [0.15, 0.2) is 0 Å². The van der Waals surface area contributed by atoms with E-state index < -0.39 is 23.9 Å². The number of Topliss-reactive ketones (excluding diaryl/α,β-unsaturated/α-hetero) is 1. The van der Waals surface area contributed by atoms with Crippen LogP contribution in [0.3, 0.4) is 0 Å². The van der Waals surface area contributed by atoms with E-state index in [2.05, 4.69) is 24.2 Å². The van der Waals surface area contributed by atoms with Gasteiger partial charge in [0.1, 0.15) is 17.9 Å². The number of nitrogens with zero attached hydrogens (tertiary/aromatic N) is 2. The van der Waals surface area contributed by atoms with Gasteiger partial charge in [-0.05, 0) is 0 Å². The van der Waals surface area contributed by atoms with Crippen LogP contribution in [0, 0.1) is 0 Å². The van der Waals surface area contributed by atoms with Crippen molar-refractivity contribution in [3.63, 3.8) is 0 Å². The van der Waals surface area contributed by atoms with E-state index in [0.29, 0.717) is 0 Å². The summed E-state index contributed by atoms with van der Waals surface area (Å²) in [7, 11) is 2.36. The molecule has 0 aliphatic carbocycles. The van der Waals surface area contributed by atoms with E-state index in [9.17, 15) is 20.1 Å². The fourth-order valence-electron chi connectivity index (χ4n) is 1.32. The van der Waals surface area contributed by atoms with Gasteiger partial charge in [0.15, 0.2) is 11.6 Å². The second kappa shape index (κ2) is 8.21. The number of aliphatic hydroxyl groups excluding tert-OH is 2. The molecular formula is C9H17N5O5P2. The Balaban J connectivity index is 2.60. The predicted octanol–water partition coefficient (Wildman–Crippen LogP) is -1.55. The Morgan fingerprint density at radius 2 is 2.10 bits per heavy atom. The number of hydrogen-bond donors (Lipinski definition) is 6. The highest BCUT2D eigenvalue weighted by atomic mass is 32.0. The molecule has 0 saturated heterocycles. The van der Waals surface area contributed by atoms with Crippen LogP contribution in [0.4, 0.5) is 17.5 Å².